The first-order chi connectivity index (χ1) is 11.8. The van der Waals surface area contributed by atoms with Crippen molar-refractivity contribution in [2.24, 2.45) is 11.5 Å². The van der Waals surface area contributed by atoms with Crippen LogP contribution in [0.3, 0.4) is 0 Å². The van der Waals surface area contributed by atoms with Gasteiger partial charge < -0.3 is 22.2 Å². The van der Waals surface area contributed by atoms with Crippen LogP contribution in [0.15, 0.2) is 48.2 Å². The maximum absolute atomic E-state index is 10.1. The van der Waals surface area contributed by atoms with Crippen molar-refractivity contribution >= 4 is 12.0 Å². The molecular weight excluding hydrogens is 312 g/mol. The molecule has 5 nitrogen and oxygen atoms in total. The van der Waals surface area contributed by atoms with Gasteiger partial charge in [0.2, 0.25) is 0 Å². The van der Waals surface area contributed by atoms with Crippen molar-refractivity contribution in [3.05, 3.63) is 59.3 Å². The summed E-state index contributed by atoms with van der Waals surface area (Å²) in [7, 11) is 1.92. The molecule has 0 bridgehead atoms. The molecule has 0 unspecified atom stereocenters. The van der Waals surface area contributed by atoms with E-state index in [1.54, 1.807) is 6.08 Å². The van der Waals surface area contributed by atoms with Crippen molar-refractivity contribution in [3.8, 4) is 0 Å². The summed E-state index contributed by atoms with van der Waals surface area (Å²) in [4.78, 5) is 10.1. The van der Waals surface area contributed by atoms with Gasteiger partial charge in [-0.25, -0.2) is 0 Å². The van der Waals surface area contributed by atoms with Gasteiger partial charge in [-0.2, -0.15) is 0 Å². The van der Waals surface area contributed by atoms with Crippen LogP contribution in [0.1, 0.15) is 44.7 Å². The molecule has 0 fully saturated rings. The van der Waals surface area contributed by atoms with Gasteiger partial charge >= 0.3 is 0 Å². The molecule has 0 saturated carbocycles. The number of hydrogen-bond acceptors (Lipinski definition) is 5. The van der Waals surface area contributed by atoms with E-state index >= 15 is 0 Å². The Morgan fingerprint density at radius 2 is 1.96 bits per heavy atom. The van der Waals surface area contributed by atoms with E-state index in [4.69, 9.17) is 16.9 Å². The Hall–Kier alpha value is -2.24. The van der Waals surface area contributed by atoms with Crippen molar-refractivity contribution in [3.63, 3.8) is 0 Å². The highest BCUT2D eigenvalue weighted by atomic mass is 16.1. The molecule has 1 aromatic rings. The topological polar surface area (TPSA) is 105 Å². The second-order valence-corrected chi connectivity index (χ2v) is 6.24. The van der Waals surface area contributed by atoms with Crippen LogP contribution in [-0.2, 0) is 11.3 Å². The molecule has 1 rings (SSSR count). The molecule has 0 amide bonds. The predicted molar refractivity (Wildman–Crippen MR) is 107 cm³/mol. The van der Waals surface area contributed by atoms with Crippen LogP contribution < -0.4 is 16.8 Å². The van der Waals surface area contributed by atoms with Gasteiger partial charge in [0.1, 0.15) is 6.29 Å². The number of nitrogens with two attached hydrogens (primary N) is 2. The summed E-state index contributed by atoms with van der Waals surface area (Å²) < 4.78 is 0. The van der Waals surface area contributed by atoms with Crippen LogP contribution in [0.25, 0.3) is 0 Å². The molecule has 25 heavy (non-hydrogen) atoms. The standard InChI is InChI=1S/C13H21N3.C7H11NO/c1-13(2,16-3)8-12(15)11-7-5-4-6-10(11)9-14;1-2-3-7(6-9)4-5-8/h4-7,15-16H,8-9,14H2,1-3H3;3-6H,2,8H2,1H3/b;5-4-,7-3+. The zero-order valence-electron chi connectivity index (χ0n) is 15.8. The van der Waals surface area contributed by atoms with Crippen molar-refractivity contribution in [1.29, 1.82) is 5.41 Å². The van der Waals surface area contributed by atoms with Gasteiger partial charge in [-0.05, 0) is 50.7 Å². The van der Waals surface area contributed by atoms with Crippen LogP contribution in [-0.4, -0.2) is 24.6 Å². The first-order valence-electron chi connectivity index (χ1n) is 8.43. The molecule has 138 valence electrons. The molecule has 0 aliphatic carbocycles. The quantitative estimate of drug-likeness (QED) is 0.252. The van der Waals surface area contributed by atoms with Crippen molar-refractivity contribution in [1.82, 2.24) is 5.32 Å². The molecule has 0 atom stereocenters. The third-order valence-electron chi connectivity index (χ3n) is 3.72. The molecule has 1 aromatic carbocycles. The average molecular weight is 345 g/mol. The molecule has 0 spiro atoms. The zero-order chi connectivity index (χ0) is 19.3. The summed E-state index contributed by atoms with van der Waals surface area (Å²) >= 11 is 0. The Kier molecular flexibility index (Phi) is 11.1. The third-order valence-corrected chi connectivity index (χ3v) is 3.72. The number of rotatable bonds is 8. The lowest BCUT2D eigenvalue weighted by Gasteiger charge is -2.24. The van der Waals surface area contributed by atoms with Gasteiger partial charge in [-0.1, -0.05) is 37.3 Å². The smallest absolute Gasteiger partial charge is 0.149 e. The first kappa shape index (κ1) is 22.8. The van der Waals surface area contributed by atoms with Crippen LogP contribution in [0, 0.1) is 5.41 Å². The zero-order valence-corrected chi connectivity index (χ0v) is 15.8. The molecule has 0 aliphatic heterocycles. The van der Waals surface area contributed by atoms with Crippen molar-refractivity contribution < 1.29 is 4.79 Å². The number of benzene rings is 1. The number of carbonyl (C=O) groups excluding carboxylic acids is 1. The lowest BCUT2D eigenvalue weighted by atomic mass is 9.91. The molecule has 5 heteroatoms. The second-order valence-electron chi connectivity index (χ2n) is 6.24. The van der Waals surface area contributed by atoms with Crippen LogP contribution in [0.2, 0.25) is 0 Å². The minimum Gasteiger partial charge on any atom is -0.405 e. The largest absolute Gasteiger partial charge is 0.405 e. The lowest BCUT2D eigenvalue weighted by Crippen LogP contribution is -2.38. The van der Waals surface area contributed by atoms with E-state index < -0.39 is 0 Å². The van der Waals surface area contributed by atoms with Gasteiger partial charge in [0.25, 0.3) is 0 Å². The second kappa shape index (κ2) is 12.2. The van der Waals surface area contributed by atoms with E-state index in [2.05, 4.69) is 19.2 Å². The summed E-state index contributed by atoms with van der Waals surface area (Å²) in [6.07, 6.45) is 7.09. The van der Waals surface area contributed by atoms with Crippen LogP contribution in [0.4, 0.5) is 0 Å². The highest BCUT2D eigenvalue weighted by Crippen LogP contribution is 2.16. The normalized spacial score (nSPS) is 11.8. The maximum atomic E-state index is 10.1. The highest BCUT2D eigenvalue weighted by molar-refractivity contribution is 6.00. The van der Waals surface area contributed by atoms with E-state index in [-0.39, 0.29) is 5.54 Å². The first-order valence-corrected chi connectivity index (χ1v) is 8.43. The molecular formula is C20H32N4O. The fraction of sp³-hybridized carbons (Fsp3) is 0.400. The Morgan fingerprint density at radius 3 is 2.44 bits per heavy atom. The Labute approximate surface area is 151 Å². The Bertz CT molecular complexity index is 603. The fourth-order valence-electron chi connectivity index (χ4n) is 2.12. The molecule has 0 heterocycles. The van der Waals surface area contributed by atoms with E-state index in [0.717, 1.165) is 23.8 Å². The minimum absolute atomic E-state index is 0.0568. The lowest BCUT2D eigenvalue weighted by molar-refractivity contribution is -0.104. The number of hydrogen-bond donors (Lipinski definition) is 4. The van der Waals surface area contributed by atoms with Gasteiger partial charge in [-0.3, -0.25) is 4.79 Å². The van der Waals surface area contributed by atoms with Crippen molar-refractivity contribution in [2.45, 2.75) is 45.7 Å². The summed E-state index contributed by atoms with van der Waals surface area (Å²) in [5.74, 6) is 0. The molecule has 0 aromatic heterocycles. The SMILES string of the molecule is CC/C=C(C=O)\C=C/N.CNC(C)(C)CC(=N)c1ccccc1CN. The fourth-order valence-corrected chi connectivity index (χ4v) is 2.12. The number of carbonyl (C=O) groups is 1. The number of aldehydes is 1. The summed E-state index contributed by atoms with van der Waals surface area (Å²) in [6, 6.07) is 7.87. The summed E-state index contributed by atoms with van der Waals surface area (Å²) in [6.45, 7) is 6.63. The molecule has 0 radical (unpaired) electrons. The number of allylic oxidation sites excluding steroid dienone is 3. The molecule has 6 N–H and O–H groups in total. The van der Waals surface area contributed by atoms with E-state index in [9.17, 15) is 4.79 Å². The maximum Gasteiger partial charge on any atom is 0.149 e. The minimum atomic E-state index is -0.0568. The van der Waals surface area contributed by atoms with Crippen LogP contribution in [0.5, 0.6) is 0 Å². The van der Waals surface area contributed by atoms with Gasteiger partial charge in [0.05, 0.1) is 0 Å². The molecule has 0 saturated heterocycles. The van der Waals surface area contributed by atoms with E-state index in [0.29, 0.717) is 24.3 Å². The molecule has 0 aliphatic rings. The third kappa shape index (κ3) is 8.98. The highest BCUT2D eigenvalue weighted by Gasteiger charge is 2.19. The summed E-state index contributed by atoms with van der Waals surface area (Å²) in [5, 5.41) is 11.3. The predicted octanol–water partition coefficient (Wildman–Crippen LogP) is 2.90. The Morgan fingerprint density at radius 1 is 1.32 bits per heavy atom. The van der Waals surface area contributed by atoms with Crippen molar-refractivity contribution in [2.75, 3.05) is 7.05 Å². The summed E-state index contributed by atoms with van der Waals surface area (Å²) in [5.41, 5.74) is 14.0. The number of nitrogens with one attached hydrogen (secondary N) is 2. The van der Waals surface area contributed by atoms with Gasteiger partial charge in [0, 0.05) is 29.8 Å². The average Bonchev–Trinajstić information content (AvgIpc) is 2.61. The van der Waals surface area contributed by atoms with Crippen LogP contribution >= 0.6 is 0 Å². The van der Waals surface area contributed by atoms with E-state index in [1.807, 2.05) is 44.3 Å². The van der Waals surface area contributed by atoms with E-state index in [1.165, 1.54) is 6.20 Å². The van der Waals surface area contributed by atoms with Gasteiger partial charge in [0.15, 0.2) is 0 Å². The van der Waals surface area contributed by atoms with Gasteiger partial charge in [-0.15, -0.1) is 0 Å². The monoisotopic (exact) mass is 344 g/mol. The Balaban J connectivity index is 0.000000547.